The number of nitrogens with one attached hydrogen (secondary N) is 2. The van der Waals surface area contributed by atoms with Crippen LogP contribution in [0.3, 0.4) is 0 Å². The standard InChI is InChI=1S/C14H20FN3O4.C13H18FN3O4/c1-14(2,3)22-13(20)16-8-10(7-15)9-18-11(5-6-17-18)12(19)21-4;1-13(2,3)21-12(20)15-7-9(6-14)8-17-10(11(18)19)4-5-16-17/h5-7H,8-9H2,1-4H3,(H,16,20);4-6H,7-8H2,1-3H3,(H,15,20)(H,18,19)/b10-7+;9-6+. The second kappa shape index (κ2) is 16.6. The molecule has 0 bridgehead atoms. The minimum Gasteiger partial charge on any atom is -0.477 e. The van der Waals surface area contributed by atoms with Gasteiger partial charge in [-0.05, 0) is 64.8 Å². The molecule has 2 rings (SSSR count). The zero-order valence-corrected chi connectivity index (χ0v) is 25.1. The molecular weight excluding hydrogens is 574 g/mol. The first-order valence-corrected chi connectivity index (χ1v) is 12.8. The van der Waals surface area contributed by atoms with Crippen LogP contribution in [-0.4, -0.2) is 80.2 Å². The molecule has 0 spiro atoms. The van der Waals surface area contributed by atoms with Gasteiger partial charge in [-0.25, -0.2) is 28.0 Å². The molecule has 0 aliphatic heterocycles. The Balaban J connectivity index is 0.000000430. The summed E-state index contributed by atoms with van der Waals surface area (Å²) in [5.41, 5.74) is -0.774. The van der Waals surface area contributed by atoms with E-state index in [4.69, 9.17) is 14.6 Å². The number of nitrogens with zero attached hydrogens (tertiary/aromatic N) is 4. The summed E-state index contributed by atoms with van der Waals surface area (Å²) in [5, 5.41) is 21.5. The van der Waals surface area contributed by atoms with Crippen LogP contribution >= 0.6 is 0 Å². The van der Waals surface area contributed by atoms with E-state index >= 15 is 0 Å². The number of carbonyl (C=O) groups is 4. The summed E-state index contributed by atoms with van der Waals surface area (Å²) in [7, 11) is 1.25. The molecule has 2 aromatic rings. The summed E-state index contributed by atoms with van der Waals surface area (Å²) in [5.74, 6) is -1.73. The highest BCUT2D eigenvalue weighted by Crippen LogP contribution is 2.10. The number of aromatic nitrogens is 4. The van der Waals surface area contributed by atoms with Gasteiger partial charge in [0.25, 0.3) is 0 Å². The molecule has 0 atom stereocenters. The van der Waals surface area contributed by atoms with E-state index in [0.717, 1.165) is 4.68 Å². The molecule has 0 radical (unpaired) electrons. The number of rotatable bonds is 10. The number of carbonyl (C=O) groups excluding carboxylic acids is 3. The van der Waals surface area contributed by atoms with Gasteiger partial charge in [0, 0.05) is 25.5 Å². The Kier molecular flexibility index (Phi) is 14.0. The highest BCUT2D eigenvalue weighted by molar-refractivity contribution is 5.87. The van der Waals surface area contributed by atoms with Crippen LogP contribution < -0.4 is 10.6 Å². The first kappa shape index (κ1) is 36.3. The molecule has 238 valence electrons. The molecule has 0 saturated heterocycles. The molecule has 43 heavy (non-hydrogen) atoms. The van der Waals surface area contributed by atoms with Crippen molar-refractivity contribution in [2.24, 2.45) is 0 Å². The highest BCUT2D eigenvalue weighted by Gasteiger charge is 2.18. The molecule has 14 nitrogen and oxygen atoms in total. The number of halogens is 2. The average molecular weight is 613 g/mol. The van der Waals surface area contributed by atoms with Crippen molar-refractivity contribution in [3.63, 3.8) is 0 Å². The largest absolute Gasteiger partial charge is 0.477 e. The Hall–Kier alpha value is -4.76. The summed E-state index contributed by atoms with van der Waals surface area (Å²) < 4.78 is 42.8. The van der Waals surface area contributed by atoms with E-state index in [2.05, 4.69) is 25.6 Å². The Morgan fingerprint density at radius 1 is 0.814 bits per heavy atom. The maximum atomic E-state index is 12.9. The number of alkyl carbamates (subject to hydrolysis) is 2. The van der Waals surface area contributed by atoms with Gasteiger partial charge in [-0.1, -0.05) is 0 Å². The van der Waals surface area contributed by atoms with E-state index < -0.39 is 35.3 Å². The van der Waals surface area contributed by atoms with Crippen molar-refractivity contribution in [1.29, 1.82) is 0 Å². The molecule has 0 aliphatic carbocycles. The number of aromatic carboxylic acids is 1. The maximum absolute atomic E-state index is 12.9. The number of hydrogen-bond acceptors (Lipinski definition) is 9. The zero-order chi connectivity index (χ0) is 32.8. The Morgan fingerprint density at radius 2 is 1.21 bits per heavy atom. The Bertz CT molecular complexity index is 1310. The SMILES string of the molecule is CC(C)(C)OC(=O)NC/C(=C\F)Cn1nccc1C(=O)O.COC(=O)c1ccnn1C/C(=C/F)CNC(=O)OC(C)(C)C. The third-order valence-electron chi connectivity index (χ3n) is 4.78. The molecule has 0 fully saturated rings. The molecule has 0 unspecified atom stereocenters. The van der Waals surface area contributed by atoms with Crippen LogP contribution in [0.1, 0.15) is 62.5 Å². The lowest BCUT2D eigenvalue weighted by Gasteiger charge is -2.20. The number of amides is 2. The normalized spacial score (nSPS) is 12.0. The van der Waals surface area contributed by atoms with Gasteiger partial charge < -0.3 is 30.0 Å². The highest BCUT2D eigenvalue weighted by atomic mass is 19.1. The van der Waals surface area contributed by atoms with Gasteiger partial charge in [-0.2, -0.15) is 10.2 Å². The fraction of sp³-hybridized carbons (Fsp3) is 0.481. The van der Waals surface area contributed by atoms with Gasteiger partial charge in [0.2, 0.25) is 0 Å². The minimum atomic E-state index is -1.16. The fourth-order valence-electron chi connectivity index (χ4n) is 3.02. The van der Waals surface area contributed by atoms with E-state index in [9.17, 15) is 28.0 Å². The number of ether oxygens (including phenoxy) is 3. The summed E-state index contributed by atoms with van der Waals surface area (Å²) >= 11 is 0. The van der Waals surface area contributed by atoms with Crippen LogP contribution in [0.15, 0.2) is 48.3 Å². The van der Waals surface area contributed by atoms with Crippen molar-refractivity contribution >= 4 is 24.1 Å². The molecule has 3 N–H and O–H groups in total. The quantitative estimate of drug-likeness (QED) is 0.263. The number of methoxy groups -OCH3 is 1. The van der Waals surface area contributed by atoms with Crippen LogP contribution in [0.5, 0.6) is 0 Å². The van der Waals surface area contributed by atoms with Crippen molar-refractivity contribution in [3.05, 3.63) is 59.7 Å². The predicted molar refractivity (Wildman–Crippen MR) is 150 cm³/mol. The van der Waals surface area contributed by atoms with Gasteiger partial charge in [0.15, 0.2) is 0 Å². The Labute approximate surface area is 247 Å². The number of carboxylic acid groups (broad SMARTS) is 1. The molecule has 2 aromatic heterocycles. The van der Waals surface area contributed by atoms with Crippen LogP contribution in [0.2, 0.25) is 0 Å². The van der Waals surface area contributed by atoms with Crippen molar-refractivity contribution < 1.29 is 47.3 Å². The minimum absolute atomic E-state index is 0.00370. The predicted octanol–water partition coefficient (Wildman–Crippen LogP) is 4.01. The van der Waals surface area contributed by atoms with E-state index in [1.165, 1.54) is 36.3 Å². The first-order chi connectivity index (χ1) is 20.0. The second-order valence-corrected chi connectivity index (χ2v) is 10.8. The van der Waals surface area contributed by atoms with Gasteiger partial charge in [-0.3, -0.25) is 9.36 Å². The van der Waals surface area contributed by atoms with E-state index in [1.807, 2.05) is 0 Å². The number of esters is 1. The topological polar surface area (TPSA) is 176 Å². The van der Waals surface area contributed by atoms with Crippen molar-refractivity contribution in [1.82, 2.24) is 30.2 Å². The monoisotopic (exact) mass is 612 g/mol. The van der Waals surface area contributed by atoms with Gasteiger partial charge >= 0.3 is 24.1 Å². The maximum Gasteiger partial charge on any atom is 0.407 e. The van der Waals surface area contributed by atoms with Crippen LogP contribution in [0, 0.1) is 0 Å². The zero-order valence-electron chi connectivity index (χ0n) is 25.1. The third kappa shape index (κ3) is 14.1. The average Bonchev–Trinajstić information content (AvgIpc) is 3.56. The van der Waals surface area contributed by atoms with Crippen LogP contribution in [0.4, 0.5) is 18.4 Å². The van der Waals surface area contributed by atoms with Gasteiger partial charge in [-0.15, -0.1) is 0 Å². The lowest BCUT2D eigenvalue weighted by molar-refractivity contribution is 0.0520. The summed E-state index contributed by atoms with van der Waals surface area (Å²) in [6.07, 6.45) is 2.05. The summed E-state index contributed by atoms with van der Waals surface area (Å²) in [4.78, 5) is 45.4. The van der Waals surface area contributed by atoms with E-state index in [-0.39, 0.29) is 48.7 Å². The second-order valence-electron chi connectivity index (χ2n) is 10.8. The molecular formula is C27H38F2N6O8. The summed E-state index contributed by atoms with van der Waals surface area (Å²) in [6.45, 7) is 10.1. The number of hydrogen-bond donors (Lipinski definition) is 3. The van der Waals surface area contributed by atoms with Crippen molar-refractivity contribution in [3.8, 4) is 0 Å². The van der Waals surface area contributed by atoms with Crippen molar-refractivity contribution in [2.75, 3.05) is 20.2 Å². The lowest BCUT2D eigenvalue weighted by atomic mass is 10.2. The van der Waals surface area contributed by atoms with E-state index in [1.54, 1.807) is 41.5 Å². The lowest BCUT2D eigenvalue weighted by Crippen LogP contribution is -2.34. The molecule has 16 heteroatoms. The molecule has 0 saturated carbocycles. The van der Waals surface area contributed by atoms with Gasteiger partial charge in [0.05, 0.1) is 32.9 Å². The molecule has 0 aliphatic rings. The van der Waals surface area contributed by atoms with Crippen LogP contribution in [0.25, 0.3) is 0 Å². The van der Waals surface area contributed by atoms with E-state index in [0.29, 0.717) is 12.7 Å². The molecule has 2 amide bonds. The first-order valence-electron chi connectivity index (χ1n) is 12.8. The smallest absolute Gasteiger partial charge is 0.407 e. The van der Waals surface area contributed by atoms with Crippen LogP contribution in [-0.2, 0) is 27.3 Å². The molecule has 2 heterocycles. The number of carboxylic acids is 1. The molecule has 0 aromatic carbocycles. The third-order valence-corrected chi connectivity index (χ3v) is 4.78. The summed E-state index contributed by atoms with van der Waals surface area (Å²) in [6, 6.07) is 2.77. The van der Waals surface area contributed by atoms with Crippen molar-refractivity contribution in [2.45, 2.75) is 65.8 Å². The van der Waals surface area contributed by atoms with Gasteiger partial charge in [0.1, 0.15) is 22.6 Å². The fourth-order valence-corrected chi connectivity index (χ4v) is 3.02. The Morgan fingerprint density at radius 3 is 1.56 bits per heavy atom.